The second kappa shape index (κ2) is 5.72. The third-order valence-corrected chi connectivity index (χ3v) is 3.18. The Labute approximate surface area is 101 Å². The van der Waals surface area contributed by atoms with E-state index >= 15 is 0 Å². The van der Waals surface area contributed by atoms with Crippen LogP contribution in [0.3, 0.4) is 0 Å². The quantitative estimate of drug-likeness (QED) is 0.630. The molecule has 2 unspecified atom stereocenters. The van der Waals surface area contributed by atoms with Crippen LogP contribution in [0.25, 0.3) is 0 Å². The van der Waals surface area contributed by atoms with Crippen molar-refractivity contribution in [3.05, 3.63) is 33.6 Å². The number of pyridine rings is 1. The van der Waals surface area contributed by atoms with Crippen LogP contribution in [-0.4, -0.2) is 23.0 Å². The van der Waals surface area contributed by atoms with E-state index in [2.05, 4.69) is 24.1 Å². The molecule has 0 aliphatic rings. The van der Waals surface area contributed by atoms with E-state index in [1.807, 2.05) is 13.1 Å². The Hall–Kier alpha value is -1.49. The van der Waals surface area contributed by atoms with Crippen molar-refractivity contribution in [2.45, 2.75) is 39.2 Å². The molecule has 0 aliphatic carbocycles. The van der Waals surface area contributed by atoms with Crippen molar-refractivity contribution in [1.29, 1.82) is 0 Å². The average molecular weight is 237 g/mol. The molecule has 0 fully saturated rings. The normalized spacial score (nSPS) is 14.4. The van der Waals surface area contributed by atoms with Crippen molar-refractivity contribution in [2.75, 3.05) is 7.05 Å². The zero-order valence-electron chi connectivity index (χ0n) is 10.7. The topological polar surface area (TPSA) is 68.1 Å². The van der Waals surface area contributed by atoms with Crippen LogP contribution in [-0.2, 0) is 0 Å². The molecule has 1 aromatic rings. The van der Waals surface area contributed by atoms with Crippen LogP contribution < -0.4 is 5.32 Å². The summed E-state index contributed by atoms with van der Waals surface area (Å²) in [6, 6.07) is 2.14. The lowest BCUT2D eigenvalue weighted by Gasteiger charge is -2.21. The fourth-order valence-corrected chi connectivity index (χ4v) is 2.02. The standard InChI is InChI=1S/C12H19N3O2/c1-5-10(13-4)9(3)11-6-8(2)12(7-14-11)15(16)17/h6-7,9-10,13H,5H2,1-4H3. The van der Waals surface area contributed by atoms with Gasteiger partial charge in [0.25, 0.3) is 5.69 Å². The highest BCUT2D eigenvalue weighted by Gasteiger charge is 2.19. The summed E-state index contributed by atoms with van der Waals surface area (Å²) in [6.45, 7) is 5.94. The first kappa shape index (κ1) is 13.6. The van der Waals surface area contributed by atoms with Gasteiger partial charge in [0, 0.05) is 23.2 Å². The highest BCUT2D eigenvalue weighted by Crippen LogP contribution is 2.24. The van der Waals surface area contributed by atoms with Gasteiger partial charge in [0.1, 0.15) is 6.20 Å². The molecule has 0 amide bonds. The first-order valence-corrected chi connectivity index (χ1v) is 5.79. The summed E-state index contributed by atoms with van der Waals surface area (Å²) in [4.78, 5) is 14.5. The molecule has 0 spiro atoms. The monoisotopic (exact) mass is 237 g/mol. The van der Waals surface area contributed by atoms with E-state index in [0.717, 1.165) is 12.1 Å². The lowest BCUT2D eigenvalue weighted by molar-refractivity contribution is -0.385. The van der Waals surface area contributed by atoms with E-state index in [1.54, 1.807) is 6.92 Å². The first-order valence-electron chi connectivity index (χ1n) is 5.79. The zero-order chi connectivity index (χ0) is 13.0. The fraction of sp³-hybridized carbons (Fsp3) is 0.583. The van der Waals surface area contributed by atoms with Crippen LogP contribution in [0, 0.1) is 17.0 Å². The van der Waals surface area contributed by atoms with Gasteiger partial charge >= 0.3 is 0 Å². The van der Waals surface area contributed by atoms with Gasteiger partial charge in [-0.2, -0.15) is 0 Å². The lowest BCUT2D eigenvalue weighted by atomic mass is 9.95. The summed E-state index contributed by atoms with van der Waals surface area (Å²) in [5.74, 6) is 0.240. The van der Waals surface area contributed by atoms with Gasteiger partial charge in [0.2, 0.25) is 0 Å². The molecule has 5 nitrogen and oxygen atoms in total. The average Bonchev–Trinajstić information content (AvgIpc) is 2.29. The Kier molecular flexibility index (Phi) is 4.57. The van der Waals surface area contributed by atoms with Gasteiger partial charge in [-0.15, -0.1) is 0 Å². The van der Waals surface area contributed by atoms with Crippen molar-refractivity contribution in [2.24, 2.45) is 0 Å². The predicted molar refractivity (Wildman–Crippen MR) is 67.2 cm³/mol. The third kappa shape index (κ3) is 3.00. The molecule has 1 N–H and O–H groups in total. The van der Waals surface area contributed by atoms with Gasteiger partial charge in [0.05, 0.1) is 4.92 Å². The number of hydrogen-bond donors (Lipinski definition) is 1. The van der Waals surface area contributed by atoms with E-state index in [9.17, 15) is 10.1 Å². The minimum Gasteiger partial charge on any atom is -0.316 e. The van der Waals surface area contributed by atoms with Crippen LogP contribution >= 0.6 is 0 Å². The zero-order valence-corrected chi connectivity index (χ0v) is 10.7. The third-order valence-electron chi connectivity index (χ3n) is 3.18. The van der Waals surface area contributed by atoms with E-state index in [-0.39, 0.29) is 11.6 Å². The minimum absolute atomic E-state index is 0.0819. The van der Waals surface area contributed by atoms with E-state index < -0.39 is 4.92 Å². The van der Waals surface area contributed by atoms with Crippen LogP contribution in [0.2, 0.25) is 0 Å². The smallest absolute Gasteiger partial charge is 0.290 e. The maximum atomic E-state index is 10.7. The van der Waals surface area contributed by atoms with Crippen molar-refractivity contribution >= 4 is 5.69 Å². The highest BCUT2D eigenvalue weighted by molar-refractivity contribution is 5.38. The Morgan fingerprint density at radius 3 is 2.65 bits per heavy atom. The summed E-state index contributed by atoms with van der Waals surface area (Å²) in [7, 11) is 1.92. The summed E-state index contributed by atoms with van der Waals surface area (Å²) in [5, 5.41) is 13.9. The minimum atomic E-state index is -0.397. The maximum Gasteiger partial charge on any atom is 0.290 e. The van der Waals surface area contributed by atoms with Gasteiger partial charge in [0.15, 0.2) is 0 Å². The molecule has 1 rings (SSSR count). The number of likely N-dealkylation sites (N-methyl/N-ethyl adjacent to an activating group) is 1. The fourth-order valence-electron chi connectivity index (χ4n) is 2.02. The molecule has 0 saturated heterocycles. The highest BCUT2D eigenvalue weighted by atomic mass is 16.6. The number of rotatable bonds is 5. The number of aromatic nitrogens is 1. The lowest BCUT2D eigenvalue weighted by Crippen LogP contribution is -2.30. The van der Waals surface area contributed by atoms with Crippen molar-refractivity contribution in [3.63, 3.8) is 0 Å². The molecule has 0 aromatic carbocycles. The van der Waals surface area contributed by atoms with Gasteiger partial charge in [-0.25, -0.2) is 0 Å². The number of hydrogen-bond acceptors (Lipinski definition) is 4. The molecule has 0 bridgehead atoms. The Balaban J connectivity index is 3.00. The molecule has 94 valence electrons. The Bertz CT molecular complexity index is 403. The summed E-state index contributed by atoms with van der Waals surface area (Å²) < 4.78 is 0. The van der Waals surface area contributed by atoms with Crippen LogP contribution in [0.5, 0.6) is 0 Å². The van der Waals surface area contributed by atoms with Gasteiger partial charge in [-0.1, -0.05) is 13.8 Å². The molecule has 17 heavy (non-hydrogen) atoms. The molecule has 0 radical (unpaired) electrons. The molecule has 0 aliphatic heterocycles. The largest absolute Gasteiger partial charge is 0.316 e. The van der Waals surface area contributed by atoms with Gasteiger partial charge < -0.3 is 5.32 Å². The SMILES string of the molecule is CCC(NC)C(C)c1cc(C)c([N+](=O)[O-])cn1. The van der Waals surface area contributed by atoms with Crippen molar-refractivity contribution < 1.29 is 4.92 Å². The van der Waals surface area contributed by atoms with E-state index in [0.29, 0.717) is 11.6 Å². The number of nitrogens with one attached hydrogen (secondary N) is 1. The van der Waals surface area contributed by atoms with Crippen LogP contribution in [0.1, 0.15) is 37.4 Å². The van der Waals surface area contributed by atoms with E-state index in [4.69, 9.17) is 0 Å². The van der Waals surface area contributed by atoms with Gasteiger partial charge in [-0.3, -0.25) is 15.1 Å². The Morgan fingerprint density at radius 1 is 1.59 bits per heavy atom. The van der Waals surface area contributed by atoms with Crippen molar-refractivity contribution in [1.82, 2.24) is 10.3 Å². The maximum absolute atomic E-state index is 10.7. The van der Waals surface area contributed by atoms with Crippen LogP contribution in [0.4, 0.5) is 5.69 Å². The number of nitro groups is 1. The second-order valence-corrected chi connectivity index (χ2v) is 4.24. The molecular formula is C12H19N3O2. The number of aryl methyl sites for hydroxylation is 1. The van der Waals surface area contributed by atoms with Crippen molar-refractivity contribution in [3.8, 4) is 0 Å². The summed E-state index contributed by atoms with van der Waals surface area (Å²) in [5.41, 5.74) is 1.64. The molecule has 2 atom stereocenters. The summed E-state index contributed by atoms with van der Waals surface area (Å²) >= 11 is 0. The molecule has 0 saturated carbocycles. The molecular weight excluding hydrogens is 218 g/mol. The summed E-state index contributed by atoms with van der Waals surface area (Å²) in [6.07, 6.45) is 2.35. The number of nitrogens with zero attached hydrogens (tertiary/aromatic N) is 2. The second-order valence-electron chi connectivity index (χ2n) is 4.24. The van der Waals surface area contributed by atoms with Crippen LogP contribution in [0.15, 0.2) is 12.3 Å². The predicted octanol–water partition coefficient (Wildman–Crippen LogP) is 2.40. The van der Waals surface area contributed by atoms with E-state index in [1.165, 1.54) is 6.20 Å². The Morgan fingerprint density at radius 2 is 2.24 bits per heavy atom. The molecule has 1 heterocycles. The van der Waals surface area contributed by atoms with Gasteiger partial charge in [-0.05, 0) is 26.5 Å². The first-order chi connectivity index (χ1) is 8.01. The molecule has 5 heteroatoms. The molecule has 1 aromatic heterocycles.